The number of allylic oxidation sites excluding steroid dienone is 1. The number of benzene rings is 2. The van der Waals surface area contributed by atoms with Crippen LogP contribution in [0.5, 0.6) is 0 Å². The summed E-state index contributed by atoms with van der Waals surface area (Å²) in [6.07, 6.45) is 3.10. The van der Waals surface area contributed by atoms with Crippen LogP contribution in [0.3, 0.4) is 0 Å². The Morgan fingerprint density at radius 3 is 2.69 bits per heavy atom. The van der Waals surface area contributed by atoms with Crippen LogP contribution in [-0.4, -0.2) is 34.5 Å². The smallest absolute Gasteiger partial charge is 0.337 e. The zero-order valence-corrected chi connectivity index (χ0v) is 19.7. The van der Waals surface area contributed by atoms with E-state index in [1.807, 2.05) is 25.1 Å². The summed E-state index contributed by atoms with van der Waals surface area (Å²) in [6.45, 7) is 4.04. The Morgan fingerprint density at radius 2 is 1.97 bits per heavy atom. The maximum atomic E-state index is 13.7. The standard InChI is InChI=1S/C27H24FN3O5/c1-14(16-3-5-20-18(12-16)8-10-36-24(20)27(34)35)11-17-7-9-30-23(15(17)2)26(33)31-19-4-6-22(28)21(13-19)25(29)32/h3-7,9,11-13,24H,8,10H2,1-2H3,(H2,29,32)(H,31,33)(H,34,35)/b14-11+. The lowest BCUT2D eigenvalue weighted by atomic mass is 9.92. The quantitative estimate of drug-likeness (QED) is 0.477. The number of pyridine rings is 1. The van der Waals surface area contributed by atoms with Crippen molar-refractivity contribution in [3.63, 3.8) is 0 Å². The molecule has 3 aromatic rings. The third-order valence-corrected chi connectivity index (χ3v) is 6.08. The molecule has 184 valence electrons. The van der Waals surface area contributed by atoms with E-state index in [0.717, 1.165) is 28.3 Å². The summed E-state index contributed by atoms with van der Waals surface area (Å²) in [4.78, 5) is 39.9. The molecule has 0 bridgehead atoms. The van der Waals surface area contributed by atoms with Crippen molar-refractivity contribution in [2.45, 2.75) is 26.4 Å². The Balaban J connectivity index is 1.60. The van der Waals surface area contributed by atoms with Crippen molar-refractivity contribution in [3.8, 4) is 0 Å². The van der Waals surface area contributed by atoms with Gasteiger partial charge in [-0.05, 0) is 77.9 Å². The highest BCUT2D eigenvalue weighted by Crippen LogP contribution is 2.31. The van der Waals surface area contributed by atoms with Gasteiger partial charge in [0.05, 0.1) is 12.2 Å². The molecule has 0 radical (unpaired) electrons. The molecule has 0 saturated carbocycles. The molecule has 0 saturated heterocycles. The van der Waals surface area contributed by atoms with Crippen LogP contribution in [0.4, 0.5) is 10.1 Å². The molecule has 36 heavy (non-hydrogen) atoms. The zero-order valence-electron chi connectivity index (χ0n) is 19.7. The molecule has 2 amide bonds. The Kier molecular flexibility index (Phi) is 6.93. The predicted molar refractivity (Wildman–Crippen MR) is 132 cm³/mol. The van der Waals surface area contributed by atoms with Gasteiger partial charge < -0.3 is 20.9 Å². The summed E-state index contributed by atoms with van der Waals surface area (Å²) < 4.78 is 19.1. The van der Waals surface area contributed by atoms with Gasteiger partial charge in [-0.3, -0.25) is 14.6 Å². The molecule has 0 aliphatic carbocycles. The number of aromatic nitrogens is 1. The van der Waals surface area contributed by atoms with Crippen molar-refractivity contribution >= 4 is 35.1 Å². The number of carbonyl (C=O) groups is 3. The van der Waals surface area contributed by atoms with E-state index >= 15 is 0 Å². The second-order valence-electron chi connectivity index (χ2n) is 8.47. The van der Waals surface area contributed by atoms with Gasteiger partial charge in [0.25, 0.3) is 11.8 Å². The van der Waals surface area contributed by atoms with Crippen LogP contribution in [0.2, 0.25) is 0 Å². The van der Waals surface area contributed by atoms with Crippen LogP contribution in [-0.2, 0) is 16.0 Å². The SMILES string of the molecule is C/C(=C\c1ccnc(C(=O)Nc2ccc(F)c(C(N)=O)c2)c1C)c1ccc2c(c1)CCOC2C(=O)O. The topological polar surface area (TPSA) is 132 Å². The van der Waals surface area contributed by atoms with Crippen LogP contribution < -0.4 is 11.1 Å². The van der Waals surface area contributed by atoms with E-state index < -0.39 is 29.7 Å². The lowest BCUT2D eigenvalue weighted by molar-refractivity contribution is -0.151. The van der Waals surface area contributed by atoms with Gasteiger partial charge in [-0.1, -0.05) is 24.3 Å². The highest BCUT2D eigenvalue weighted by atomic mass is 19.1. The lowest BCUT2D eigenvalue weighted by Crippen LogP contribution is -2.23. The second kappa shape index (κ2) is 10.1. The molecule has 1 unspecified atom stereocenters. The lowest BCUT2D eigenvalue weighted by Gasteiger charge is -2.23. The number of carboxylic acid groups (broad SMARTS) is 1. The van der Waals surface area contributed by atoms with E-state index in [0.29, 0.717) is 24.2 Å². The number of halogens is 1. The fraction of sp³-hybridized carbons (Fsp3) is 0.185. The fourth-order valence-corrected chi connectivity index (χ4v) is 4.14. The number of amides is 2. The highest BCUT2D eigenvalue weighted by Gasteiger charge is 2.27. The molecule has 0 spiro atoms. The Hall–Kier alpha value is -4.37. The highest BCUT2D eigenvalue weighted by molar-refractivity contribution is 6.05. The number of hydrogen-bond acceptors (Lipinski definition) is 5. The van der Waals surface area contributed by atoms with E-state index in [1.165, 1.54) is 18.3 Å². The number of rotatable bonds is 6. The molecule has 8 nitrogen and oxygen atoms in total. The van der Waals surface area contributed by atoms with Gasteiger partial charge in [-0.25, -0.2) is 9.18 Å². The van der Waals surface area contributed by atoms with E-state index in [-0.39, 0.29) is 16.9 Å². The molecule has 0 fully saturated rings. The number of fused-ring (bicyclic) bond motifs is 1. The number of hydrogen-bond donors (Lipinski definition) is 3. The molecule has 9 heteroatoms. The van der Waals surface area contributed by atoms with Crippen LogP contribution in [0.25, 0.3) is 11.6 Å². The van der Waals surface area contributed by atoms with Crippen LogP contribution >= 0.6 is 0 Å². The molecule has 2 aromatic carbocycles. The summed E-state index contributed by atoms with van der Waals surface area (Å²) in [5.74, 6) is -3.24. The second-order valence-corrected chi connectivity index (χ2v) is 8.47. The molecule has 4 rings (SSSR count). The van der Waals surface area contributed by atoms with Crippen molar-refractivity contribution in [2.75, 3.05) is 11.9 Å². The van der Waals surface area contributed by atoms with E-state index in [2.05, 4.69) is 10.3 Å². The molecule has 4 N–H and O–H groups in total. The van der Waals surface area contributed by atoms with Gasteiger partial charge in [0.2, 0.25) is 0 Å². The summed E-state index contributed by atoms with van der Waals surface area (Å²) in [5, 5.41) is 12.0. The maximum Gasteiger partial charge on any atom is 0.337 e. The van der Waals surface area contributed by atoms with E-state index in [4.69, 9.17) is 10.5 Å². The average Bonchev–Trinajstić information content (AvgIpc) is 2.85. The minimum atomic E-state index is -1.01. The maximum absolute atomic E-state index is 13.7. The molecular weight excluding hydrogens is 465 g/mol. The first-order valence-electron chi connectivity index (χ1n) is 11.2. The largest absolute Gasteiger partial charge is 0.479 e. The number of nitrogens with one attached hydrogen (secondary N) is 1. The molecule has 1 aliphatic rings. The number of nitrogens with zero attached hydrogens (tertiary/aromatic N) is 1. The Labute approximate surface area is 206 Å². The summed E-state index contributed by atoms with van der Waals surface area (Å²) >= 11 is 0. The first-order valence-corrected chi connectivity index (χ1v) is 11.2. The van der Waals surface area contributed by atoms with Crippen molar-refractivity contribution in [1.29, 1.82) is 0 Å². The van der Waals surface area contributed by atoms with Gasteiger partial charge in [0, 0.05) is 11.9 Å². The summed E-state index contributed by atoms with van der Waals surface area (Å²) in [6, 6.07) is 10.9. The molecular formula is C27H24FN3O5. The van der Waals surface area contributed by atoms with Gasteiger partial charge in [0.1, 0.15) is 11.5 Å². The molecule has 1 aliphatic heterocycles. The number of aliphatic carboxylic acids is 1. The minimum absolute atomic E-state index is 0.174. The normalized spacial score (nSPS) is 15.2. The van der Waals surface area contributed by atoms with Gasteiger partial charge >= 0.3 is 5.97 Å². The monoisotopic (exact) mass is 489 g/mol. The Bertz CT molecular complexity index is 1420. The fourth-order valence-electron chi connectivity index (χ4n) is 4.14. The van der Waals surface area contributed by atoms with Gasteiger partial charge in [-0.2, -0.15) is 0 Å². The Morgan fingerprint density at radius 1 is 1.19 bits per heavy atom. The van der Waals surface area contributed by atoms with E-state index in [1.54, 1.807) is 19.1 Å². The average molecular weight is 490 g/mol. The first-order chi connectivity index (χ1) is 17.2. The number of nitrogens with two attached hydrogens (primary N) is 1. The predicted octanol–water partition coefficient (Wildman–Crippen LogP) is 4.14. The van der Waals surface area contributed by atoms with Crippen molar-refractivity contribution in [3.05, 3.63) is 93.6 Å². The summed E-state index contributed by atoms with van der Waals surface area (Å²) in [5.41, 5.74) is 10.1. The number of carboxylic acids is 1. The van der Waals surface area contributed by atoms with Crippen LogP contribution in [0.15, 0.2) is 48.7 Å². The van der Waals surface area contributed by atoms with E-state index in [9.17, 15) is 23.9 Å². The summed E-state index contributed by atoms with van der Waals surface area (Å²) in [7, 11) is 0. The number of ether oxygens (including phenoxy) is 1. The third kappa shape index (κ3) is 5.01. The molecule has 1 atom stereocenters. The number of anilines is 1. The zero-order chi connectivity index (χ0) is 26.0. The van der Waals surface area contributed by atoms with Crippen LogP contribution in [0.1, 0.15) is 61.7 Å². The van der Waals surface area contributed by atoms with Crippen molar-refractivity contribution < 1.29 is 28.6 Å². The van der Waals surface area contributed by atoms with Gasteiger partial charge in [0.15, 0.2) is 6.10 Å². The van der Waals surface area contributed by atoms with Crippen LogP contribution in [0, 0.1) is 12.7 Å². The first kappa shape index (κ1) is 24.7. The number of carbonyl (C=O) groups excluding carboxylic acids is 2. The van der Waals surface area contributed by atoms with Gasteiger partial charge in [-0.15, -0.1) is 0 Å². The third-order valence-electron chi connectivity index (χ3n) is 6.08. The number of primary amides is 1. The van der Waals surface area contributed by atoms with Crippen molar-refractivity contribution in [1.82, 2.24) is 4.98 Å². The van der Waals surface area contributed by atoms with Crippen molar-refractivity contribution in [2.24, 2.45) is 5.73 Å². The molecule has 2 heterocycles. The molecule has 1 aromatic heterocycles. The minimum Gasteiger partial charge on any atom is -0.479 e.